The van der Waals surface area contributed by atoms with E-state index in [0.29, 0.717) is 12.3 Å². The number of carbonyl (C=O) groups is 2. The van der Waals surface area contributed by atoms with Gasteiger partial charge in [-0.15, -0.1) is 0 Å². The summed E-state index contributed by atoms with van der Waals surface area (Å²) in [5.41, 5.74) is 3.17. The molecule has 1 N–H and O–H groups in total. The zero-order valence-corrected chi connectivity index (χ0v) is 21.4. The highest BCUT2D eigenvalue weighted by Gasteiger charge is 2.34. The van der Waals surface area contributed by atoms with Gasteiger partial charge in [-0.3, -0.25) is 9.59 Å². The van der Waals surface area contributed by atoms with Gasteiger partial charge in [-0.2, -0.15) is 0 Å². The van der Waals surface area contributed by atoms with Crippen LogP contribution >= 0.6 is 0 Å². The molecule has 1 aromatic rings. The molecular weight excluding hydrogens is 382 g/mol. The molecule has 0 saturated carbocycles. The maximum absolute atomic E-state index is 13.8. The van der Waals surface area contributed by atoms with Crippen LogP contribution in [0.2, 0.25) is 0 Å². The van der Waals surface area contributed by atoms with Crippen molar-refractivity contribution in [2.24, 2.45) is 23.7 Å². The molecule has 0 bridgehead atoms. The Kier molecular flexibility index (Phi) is 12.1. The number of carbonyl (C=O) groups excluding carboxylic acids is 2. The molecule has 3 nitrogen and oxygen atoms in total. The molecule has 0 aromatic heterocycles. The van der Waals surface area contributed by atoms with Crippen molar-refractivity contribution < 1.29 is 9.59 Å². The number of aryl methyl sites for hydroxylation is 2. The number of hydrogen-bond acceptors (Lipinski definition) is 2. The molecule has 0 spiro atoms. The number of ketones is 1. The molecule has 0 aliphatic heterocycles. The van der Waals surface area contributed by atoms with Crippen molar-refractivity contribution in [1.82, 2.24) is 5.32 Å². The third kappa shape index (κ3) is 8.09. The normalized spacial score (nSPS) is 15.4. The van der Waals surface area contributed by atoms with Crippen molar-refractivity contribution in [1.29, 1.82) is 0 Å². The van der Waals surface area contributed by atoms with E-state index in [4.69, 9.17) is 0 Å². The number of rotatable bonds is 14. The van der Waals surface area contributed by atoms with Gasteiger partial charge < -0.3 is 5.32 Å². The minimum Gasteiger partial charge on any atom is -0.353 e. The Labute approximate surface area is 191 Å². The van der Waals surface area contributed by atoms with Crippen LogP contribution in [0.15, 0.2) is 18.2 Å². The zero-order chi connectivity index (χ0) is 23.6. The van der Waals surface area contributed by atoms with Crippen molar-refractivity contribution in [2.45, 2.75) is 106 Å². The quantitative estimate of drug-likeness (QED) is 0.319. The van der Waals surface area contributed by atoms with Crippen LogP contribution in [0, 0.1) is 30.6 Å². The fourth-order valence-electron chi connectivity index (χ4n) is 4.63. The molecule has 31 heavy (non-hydrogen) atoms. The Balaban J connectivity index is 3.07. The fourth-order valence-corrected chi connectivity index (χ4v) is 4.63. The van der Waals surface area contributed by atoms with Crippen LogP contribution in [-0.2, 0) is 11.2 Å². The molecule has 0 radical (unpaired) electrons. The number of benzene rings is 1. The van der Waals surface area contributed by atoms with E-state index in [-0.39, 0.29) is 35.5 Å². The van der Waals surface area contributed by atoms with E-state index in [1.807, 2.05) is 0 Å². The molecule has 0 saturated heterocycles. The molecule has 1 amide bonds. The Bertz CT molecular complexity index is 694. The van der Waals surface area contributed by atoms with Gasteiger partial charge in [0.25, 0.3) is 0 Å². The van der Waals surface area contributed by atoms with Crippen LogP contribution in [-0.4, -0.2) is 17.7 Å². The second kappa shape index (κ2) is 13.7. The predicted octanol–water partition coefficient (Wildman–Crippen LogP) is 7.15. The van der Waals surface area contributed by atoms with E-state index in [9.17, 15) is 9.59 Å². The molecule has 1 rings (SSSR count). The third-order valence-corrected chi connectivity index (χ3v) is 6.99. The lowest BCUT2D eigenvalue weighted by atomic mass is 9.75. The maximum atomic E-state index is 13.8. The van der Waals surface area contributed by atoms with Gasteiger partial charge in [0.05, 0.1) is 0 Å². The summed E-state index contributed by atoms with van der Waals surface area (Å²) in [7, 11) is 0. The van der Waals surface area contributed by atoms with Crippen molar-refractivity contribution in [3.8, 4) is 0 Å². The first-order chi connectivity index (χ1) is 14.7. The Morgan fingerprint density at radius 1 is 1.00 bits per heavy atom. The third-order valence-electron chi connectivity index (χ3n) is 6.99. The number of amides is 1. The first kappa shape index (κ1) is 27.4. The minimum atomic E-state index is -0.0938. The predicted molar refractivity (Wildman–Crippen MR) is 133 cm³/mol. The molecule has 176 valence electrons. The van der Waals surface area contributed by atoms with E-state index in [1.165, 1.54) is 5.56 Å². The van der Waals surface area contributed by atoms with E-state index in [0.717, 1.165) is 49.7 Å². The zero-order valence-electron chi connectivity index (χ0n) is 21.4. The van der Waals surface area contributed by atoms with E-state index >= 15 is 0 Å². The van der Waals surface area contributed by atoms with Gasteiger partial charge >= 0.3 is 0 Å². The van der Waals surface area contributed by atoms with E-state index in [1.54, 1.807) is 0 Å². The number of nitrogens with one attached hydrogen (secondary N) is 1. The molecule has 0 aliphatic carbocycles. The SMILES string of the molecule is CCCCc1cccc(C)c1C(=O)C(CC)C(C)C(NC(=O)CCC(C)CC)C(C)C. The molecule has 0 fully saturated rings. The summed E-state index contributed by atoms with van der Waals surface area (Å²) in [6.07, 6.45) is 6.53. The van der Waals surface area contributed by atoms with Crippen LogP contribution in [0.5, 0.6) is 0 Å². The van der Waals surface area contributed by atoms with Crippen LogP contribution in [0.25, 0.3) is 0 Å². The van der Waals surface area contributed by atoms with Gasteiger partial charge in [-0.05, 0) is 61.5 Å². The largest absolute Gasteiger partial charge is 0.353 e. The molecular formula is C28H47NO2. The number of hydrogen-bond donors (Lipinski definition) is 1. The maximum Gasteiger partial charge on any atom is 0.220 e. The summed E-state index contributed by atoms with van der Waals surface area (Å²) in [5, 5.41) is 3.29. The highest BCUT2D eigenvalue weighted by atomic mass is 16.1. The van der Waals surface area contributed by atoms with E-state index < -0.39 is 0 Å². The van der Waals surface area contributed by atoms with Crippen molar-refractivity contribution in [3.63, 3.8) is 0 Å². The minimum absolute atomic E-state index is 0.00134. The summed E-state index contributed by atoms with van der Waals surface area (Å²) in [5.74, 6) is 1.20. The fraction of sp³-hybridized carbons (Fsp3) is 0.714. The molecule has 1 aromatic carbocycles. The Hall–Kier alpha value is -1.64. The lowest BCUT2D eigenvalue weighted by Gasteiger charge is -2.34. The molecule has 3 heteroatoms. The lowest BCUT2D eigenvalue weighted by Crippen LogP contribution is -2.46. The first-order valence-corrected chi connectivity index (χ1v) is 12.6. The highest BCUT2D eigenvalue weighted by Crippen LogP contribution is 2.30. The van der Waals surface area contributed by atoms with Crippen LogP contribution in [0.4, 0.5) is 0 Å². The standard InChI is InChI=1S/C28H47NO2/c1-9-12-15-23-16-13-14-21(7)26(23)28(31)24(11-3)22(8)27(19(4)5)29-25(30)18-17-20(6)10-2/h13-14,16,19-20,22,24,27H,9-12,15,17-18H2,1-8H3,(H,29,30). The van der Waals surface area contributed by atoms with Gasteiger partial charge in [0.1, 0.15) is 0 Å². The highest BCUT2D eigenvalue weighted by molar-refractivity contribution is 6.00. The van der Waals surface area contributed by atoms with Gasteiger partial charge in [0, 0.05) is 23.9 Å². The van der Waals surface area contributed by atoms with Crippen molar-refractivity contribution in [3.05, 3.63) is 34.9 Å². The Morgan fingerprint density at radius 3 is 2.23 bits per heavy atom. The van der Waals surface area contributed by atoms with Crippen LogP contribution < -0.4 is 5.32 Å². The average Bonchev–Trinajstić information content (AvgIpc) is 2.74. The monoisotopic (exact) mass is 429 g/mol. The van der Waals surface area contributed by atoms with Gasteiger partial charge in [0.2, 0.25) is 5.91 Å². The number of Topliss-reactive ketones (excluding diaryl/α,β-unsaturated/α-hetero) is 1. The molecule has 4 unspecified atom stereocenters. The summed E-state index contributed by atoms with van der Waals surface area (Å²) < 4.78 is 0. The first-order valence-electron chi connectivity index (χ1n) is 12.6. The van der Waals surface area contributed by atoms with Crippen molar-refractivity contribution >= 4 is 11.7 Å². The van der Waals surface area contributed by atoms with Gasteiger partial charge in [-0.25, -0.2) is 0 Å². The summed E-state index contributed by atoms with van der Waals surface area (Å²) >= 11 is 0. The second-order valence-electron chi connectivity index (χ2n) is 9.84. The smallest absolute Gasteiger partial charge is 0.220 e. The molecule has 0 aliphatic rings. The lowest BCUT2D eigenvalue weighted by molar-refractivity contribution is -0.123. The van der Waals surface area contributed by atoms with E-state index in [2.05, 4.69) is 78.9 Å². The second-order valence-corrected chi connectivity index (χ2v) is 9.84. The molecule has 4 atom stereocenters. The summed E-state index contributed by atoms with van der Waals surface area (Å²) in [6.45, 7) is 17.1. The topological polar surface area (TPSA) is 46.2 Å². The number of unbranched alkanes of at least 4 members (excludes halogenated alkanes) is 1. The van der Waals surface area contributed by atoms with Crippen molar-refractivity contribution in [2.75, 3.05) is 0 Å². The summed E-state index contributed by atoms with van der Waals surface area (Å²) in [4.78, 5) is 26.4. The average molecular weight is 430 g/mol. The summed E-state index contributed by atoms with van der Waals surface area (Å²) in [6, 6.07) is 6.23. The Morgan fingerprint density at radius 2 is 1.68 bits per heavy atom. The van der Waals surface area contributed by atoms with Gasteiger partial charge in [0.15, 0.2) is 5.78 Å². The van der Waals surface area contributed by atoms with Gasteiger partial charge in [-0.1, -0.05) is 79.5 Å². The molecule has 0 heterocycles. The van der Waals surface area contributed by atoms with Crippen LogP contribution in [0.3, 0.4) is 0 Å². The van der Waals surface area contributed by atoms with Crippen LogP contribution in [0.1, 0.15) is 108 Å².